The van der Waals surface area contributed by atoms with Crippen molar-refractivity contribution in [2.75, 3.05) is 9.44 Å². The molecule has 3 nitrogen and oxygen atoms in total. The Morgan fingerprint density at radius 1 is 0.778 bits per heavy atom. The fraction of sp³-hybridized carbons (Fsp3) is 0.143. The Morgan fingerprint density at radius 3 is 1.56 bits per heavy atom. The molecule has 4 heteroatoms. The number of rotatable bonds is 4. The van der Waals surface area contributed by atoms with Crippen LogP contribution in [0.25, 0.3) is 0 Å². The molecule has 0 amide bonds. The van der Waals surface area contributed by atoms with Crippen molar-refractivity contribution in [3.8, 4) is 0 Å². The minimum atomic E-state index is -0.843. The molecule has 0 saturated carbocycles. The third-order valence-corrected chi connectivity index (χ3v) is 3.56. The quantitative estimate of drug-likeness (QED) is 0.776. The van der Waals surface area contributed by atoms with Crippen LogP contribution in [0.15, 0.2) is 48.5 Å². The summed E-state index contributed by atoms with van der Waals surface area (Å²) in [7, 11) is 0. The van der Waals surface area contributed by atoms with Crippen LogP contribution in [0.4, 0.5) is 11.4 Å². The molecule has 0 bridgehead atoms. The summed E-state index contributed by atoms with van der Waals surface area (Å²) in [4.78, 5) is 0. The largest absolute Gasteiger partial charge is 0.305 e. The van der Waals surface area contributed by atoms with Gasteiger partial charge in [-0.15, -0.1) is 0 Å². The molecule has 2 rings (SSSR count). The van der Waals surface area contributed by atoms with Crippen LogP contribution in [0.3, 0.4) is 0 Å². The van der Waals surface area contributed by atoms with Gasteiger partial charge in [-0.25, -0.2) is 4.78 Å². The second-order valence-corrected chi connectivity index (χ2v) is 5.16. The molecular formula is C14H17N3S. The van der Waals surface area contributed by atoms with Crippen molar-refractivity contribution in [1.82, 2.24) is 0 Å². The lowest BCUT2D eigenvalue weighted by Crippen LogP contribution is -2.13. The highest BCUT2D eigenvalue weighted by molar-refractivity contribution is 7.88. The second kappa shape index (κ2) is 5.69. The number of nitrogens with one attached hydrogen (secondary N) is 3. The Balaban J connectivity index is 2.06. The van der Waals surface area contributed by atoms with E-state index >= 15 is 0 Å². The van der Waals surface area contributed by atoms with E-state index in [9.17, 15) is 0 Å². The molecule has 0 spiro atoms. The van der Waals surface area contributed by atoms with Crippen LogP contribution in [-0.2, 0) is 11.1 Å². The van der Waals surface area contributed by atoms with Gasteiger partial charge >= 0.3 is 0 Å². The topological polar surface area (TPSA) is 47.9 Å². The first kappa shape index (κ1) is 12.6. The van der Waals surface area contributed by atoms with Gasteiger partial charge in [0.15, 0.2) is 0 Å². The molecule has 18 heavy (non-hydrogen) atoms. The fourth-order valence-electron chi connectivity index (χ4n) is 1.62. The number of para-hydroxylation sites is 2. The summed E-state index contributed by atoms with van der Waals surface area (Å²) in [6.07, 6.45) is 0. The maximum Gasteiger partial charge on any atom is 0.0905 e. The molecule has 0 unspecified atom stereocenters. The van der Waals surface area contributed by atoms with Crippen molar-refractivity contribution in [3.05, 3.63) is 59.7 Å². The molecule has 0 radical (unpaired) electrons. The highest BCUT2D eigenvalue weighted by atomic mass is 32.2. The summed E-state index contributed by atoms with van der Waals surface area (Å²) in [5.74, 6) is 0. The predicted molar refractivity (Wildman–Crippen MR) is 79.7 cm³/mol. The summed E-state index contributed by atoms with van der Waals surface area (Å²) in [6.45, 7) is 4.07. The first-order valence-corrected chi connectivity index (χ1v) is 6.99. The molecule has 0 saturated heterocycles. The molecule has 0 heterocycles. The van der Waals surface area contributed by atoms with Crippen molar-refractivity contribution in [3.63, 3.8) is 0 Å². The molecular weight excluding hydrogens is 242 g/mol. The maximum absolute atomic E-state index is 8.05. The van der Waals surface area contributed by atoms with Gasteiger partial charge in [-0.3, -0.25) is 0 Å². The molecule has 0 fully saturated rings. The van der Waals surface area contributed by atoms with E-state index in [1.165, 1.54) is 0 Å². The summed E-state index contributed by atoms with van der Waals surface area (Å²) in [5.41, 5.74) is 4.29. The molecule has 0 aliphatic heterocycles. The average molecular weight is 259 g/mol. The van der Waals surface area contributed by atoms with Gasteiger partial charge in [0.25, 0.3) is 0 Å². The predicted octanol–water partition coefficient (Wildman–Crippen LogP) is 4.04. The zero-order valence-corrected chi connectivity index (χ0v) is 11.3. The Labute approximate surface area is 110 Å². The third-order valence-electron chi connectivity index (χ3n) is 2.71. The van der Waals surface area contributed by atoms with Crippen molar-refractivity contribution in [1.29, 1.82) is 4.78 Å². The Morgan fingerprint density at radius 2 is 1.17 bits per heavy atom. The van der Waals surface area contributed by atoms with E-state index in [-0.39, 0.29) is 0 Å². The monoisotopic (exact) mass is 259 g/mol. The molecule has 0 aliphatic rings. The van der Waals surface area contributed by atoms with E-state index in [2.05, 4.69) is 9.44 Å². The summed E-state index contributed by atoms with van der Waals surface area (Å²) < 4.78 is 14.4. The Hall–Kier alpha value is -1.81. The van der Waals surface area contributed by atoms with Crippen LogP contribution in [0.2, 0.25) is 0 Å². The van der Waals surface area contributed by atoms with Crippen LogP contribution in [-0.4, -0.2) is 0 Å². The van der Waals surface area contributed by atoms with Crippen LogP contribution in [0.5, 0.6) is 0 Å². The van der Waals surface area contributed by atoms with E-state index in [1.807, 2.05) is 62.4 Å². The summed E-state index contributed by atoms with van der Waals surface area (Å²) in [6, 6.07) is 16.0. The zero-order chi connectivity index (χ0) is 13.0. The van der Waals surface area contributed by atoms with Crippen molar-refractivity contribution in [2.24, 2.45) is 0 Å². The van der Waals surface area contributed by atoms with Gasteiger partial charge in [0.2, 0.25) is 0 Å². The van der Waals surface area contributed by atoms with Gasteiger partial charge in [-0.05, 0) is 37.1 Å². The first-order chi connectivity index (χ1) is 8.66. The maximum atomic E-state index is 8.05. The van der Waals surface area contributed by atoms with Gasteiger partial charge in [0.05, 0.1) is 11.1 Å². The number of anilines is 2. The van der Waals surface area contributed by atoms with Gasteiger partial charge in [-0.1, -0.05) is 36.4 Å². The molecule has 3 N–H and O–H groups in total. The second-order valence-electron chi connectivity index (χ2n) is 4.14. The highest BCUT2D eigenvalue weighted by Crippen LogP contribution is 2.17. The van der Waals surface area contributed by atoms with Crippen LogP contribution >= 0.6 is 0 Å². The average Bonchev–Trinajstić information content (AvgIpc) is 2.35. The summed E-state index contributed by atoms with van der Waals surface area (Å²) in [5, 5.41) is 0. The van der Waals surface area contributed by atoms with E-state index < -0.39 is 11.1 Å². The van der Waals surface area contributed by atoms with Crippen molar-refractivity contribution in [2.45, 2.75) is 13.8 Å². The summed E-state index contributed by atoms with van der Waals surface area (Å²) >= 11 is -0.843. The smallest absolute Gasteiger partial charge is 0.0905 e. The minimum Gasteiger partial charge on any atom is -0.305 e. The first-order valence-electron chi connectivity index (χ1n) is 5.77. The van der Waals surface area contributed by atoms with Crippen LogP contribution in [0, 0.1) is 18.6 Å². The van der Waals surface area contributed by atoms with E-state index in [4.69, 9.17) is 4.78 Å². The van der Waals surface area contributed by atoms with Gasteiger partial charge in [0.1, 0.15) is 0 Å². The lowest BCUT2D eigenvalue weighted by atomic mass is 10.2. The van der Waals surface area contributed by atoms with Gasteiger partial charge in [0, 0.05) is 11.4 Å². The number of benzene rings is 2. The number of hydrogen-bond donors (Lipinski definition) is 3. The Kier molecular flexibility index (Phi) is 3.99. The van der Waals surface area contributed by atoms with E-state index in [0.717, 1.165) is 22.5 Å². The molecule has 0 atom stereocenters. The molecule has 0 aliphatic carbocycles. The molecule has 2 aromatic rings. The van der Waals surface area contributed by atoms with Gasteiger partial charge < -0.3 is 9.44 Å². The molecule has 94 valence electrons. The number of aryl methyl sites for hydroxylation is 2. The number of hydrogen-bond acceptors (Lipinski definition) is 1. The lowest BCUT2D eigenvalue weighted by molar-refractivity contribution is 1.45. The van der Waals surface area contributed by atoms with Crippen LogP contribution < -0.4 is 9.44 Å². The van der Waals surface area contributed by atoms with E-state index in [0.29, 0.717) is 0 Å². The lowest BCUT2D eigenvalue weighted by Gasteiger charge is -2.14. The minimum absolute atomic E-state index is 0.843. The van der Waals surface area contributed by atoms with Crippen molar-refractivity contribution >= 4 is 22.4 Å². The SMILES string of the molecule is Cc1ccccc1NS(=N)Nc1ccccc1C. The molecule has 2 aromatic carbocycles. The fourth-order valence-corrected chi connectivity index (χ4v) is 2.57. The van der Waals surface area contributed by atoms with Gasteiger partial charge in [-0.2, -0.15) is 0 Å². The molecule has 0 aromatic heterocycles. The van der Waals surface area contributed by atoms with Crippen LogP contribution in [0.1, 0.15) is 11.1 Å². The van der Waals surface area contributed by atoms with E-state index in [1.54, 1.807) is 0 Å². The standard InChI is InChI=1S/C14H17N3S/c1-11-7-3-5-9-13(11)16-18(15)17-14-10-6-4-8-12(14)2/h3-10H,1-2H3,(H3,15,16,17). The normalized spacial score (nSPS) is 10.4. The van der Waals surface area contributed by atoms with Crippen molar-refractivity contribution < 1.29 is 0 Å². The zero-order valence-electron chi connectivity index (χ0n) is 10.5. The highest BCUT2D eigenvalue weighted by Gasteiger charge is 2.01. The Bertz CT molecular complexity index is 517. The third kappa shape index (κ3) is 3.11.